The van der Waals surface area contributed by atoms with Crippen LogP contribution in [0, 0.1) is 0 Å². The molecule has 0 amide bonds. The SMILES string of the molecule is CCCCNC(N)=NCC(c1cccs1)N1CCOC(C)C1. The number of nitrogens with two attached hydrogens (primary N) is 1. The van der Waals surface area contributed by atoms with Gasteiger partial charge in [-0.05, 0) is 24.8 Å². The standard InChI is InChI=1S/C16H28N4OS/c1-3-4-7-18-16(17)19-11-14(15-6-5-10-22-15)20-8-9-21-13(2)12-20/h5-6,10,13-14H,3-4,7-9,11-12H2,1-2H3,(H3,17,18,19). The molecule has 1 aromatic heterocycles. The predicted molar refractivity (Wildman–Crippen MR) is 93.4 cm³/mol. The first-order chi connectivity index (χ1) is 10.7. The van der Waals surface area contributed by atoms with E-state index < -0.39 is 0 Å². The van der Waals surface area contributed by atoms with Gasteiger partial charge in [-0.15, -0.1) is 11.3 Å². The van der Waals surface area contributed by atoms with Crippen LogP contribution in [0.15, 0.2) is 22.5 Å². The Bertz CT molecular complexity index is 449. The molecule has 2 rings (SSSR count). The van der Waals surface area contributed by atoms with E-state index in [1.165, 1.54) is 4.88 Å². The fraction of sp³-hybridized carbons (Fsp3) is 0.688. The fourth-order valence-corrected chi connectivity index (χ4v) is 3.48. The summed E-state index contributed by atoms with van der Waals surface area (Å²) in [5.74, 6) is 0.552. The van der Waals surface area contributed by atoms with Gasteiger partial charge in [-0.3, -0.25) is 9.89 Å². The van der Waals surface area contributed by atoms with Crippen molar-refractivity contribution < 1.29 is 4.74 Å². The van der Waals surface area contributed by atoms with Crippen molar-refractivity contribution in [2.24, 2.45) is 10.7 Å². The van der Waals surface area contributed by atoms with Crippen LogP contribution in [0.4, 0.5) is 0 Å². The van der Waals surface area contributed by atoms with Crippen molar-refractivity contribution >= 4 is 17.3 Å². The van der Waals surface area contributed by atoms with Crippen molar-refractivity contribution in [3.8, 4) is 0 Å². The Labute approximate surface area is 137 Å². The van der Waals surface area contributed by atoms with Crippen LogP contribution in [0.25, 0.3) is 0 Å². The Kier molecular flexibility index (Phi) is 7.15. The molecule has 1 aromatic rings. The Morgan fingerprint density at radius 3 is 3.18 bits per heavy atom. The summed E-state index contributed by atoms with van der Waals surface area (Å²) in [6.45, 7) is 8.56. The van der Waals surface area contributed by atoms with E-state index in [9.17, 15) is 0 Å². The molecule has 5 nitrogen and oxygen atoms in total. The summed E-state index contributed by atoms with van der Waals surface area (Å²) in [6.07, 6.45) is 2.55. The Morgan fingerprint density at radius 1 is 1.64 bits per heavy atom. The Morgan fingerprint density at radius 2 is 2.50 bits per heavy atom. The Balaban J connectivity index is 1.98. The van der Waals surface area contributed by atoms with Crippen LogP contribution in [0.3, 0.4) is 0 Å². The lowest BCUT2D eigenvalue weighted by molar-refractivity contribution is -0.0327. The van der Waals surface area contributed by atoms with Crippen molar-refractivity contribution in [1.82, 2.24) is 10.2 Å². The summed E-state index contributed by atoms with van der Waals surface area (Å²) in [5, 5.41) is 5.31. The van der Waals surface area contributed by atoms with Crippen LogP contribution in [0.2, 0.25) is 0 Å². The molecule has 1 aliphatic rings. The minimum absolute atomic E-state index is 0.278. The molecule has 0 spiro atoms. The molecule has 0 bridgehead atoms. The van der Waals surface area contributed by atoms with Crippen LogP contribution in [0.1, 0.15) is 37.6 Å². The molecule has 2 heterocycles. The molecule has 22 heavy (non-hydrogen) atoms. The maximum Gasteiger partial charge on any atom is 0.188 e. The maximum absolute atomic E-state index is 5.97. The van der Waals surface area contributed by atoms with Gasteiger partial charge < -0.3 is 15.8 Å². The highest BCUT2D eigenvalue weighted by Crippen LogP contribution is 2.27. The number of guanidine groups is 1. The van der Waals surface area contributed by atoms with Gasteiger partial charge in [-0.2, -0.15) is 0 Å². The first-order valence-corrected chi connectivity index (χ1v) is 9.01. The second-order valence-electron chi connectivity index (χ2n) is 5.71. The average Bonchev–Trinajstić information content (AvgIpc) is 3.02. The van der Waals surface area contributed by atoms with Gasteiger partial charge in [0, 0.05) is 24.5 Å². The van der Waals surface area contributed by atoms with Gasteiger partial charge >= 0.3 is 0 Å². The minimum atomic E-state index is 0.278. The number of unbranched alkanes of at least 4 members (excludes halogenated alkanes) is 1. The number of aliphatic imine (C=N–C) groups is 1. The molecule has 2 atom stereocenters. The molecule has 0 radical (unpaired) electrons. The summed E-state index contributed by atoms with van der Waals surface area (Å²) >= 11 is 1.79. The van der Waals surface area contributed by atoms with Gasteiger partial charge in [0.15, 0.2) is 5.96 Å². The molecule has 1 fully saturated rings. The van der Waals surface area contributed by atoms with E-state index in [-0.39, 0.29) is 12.1 Å². The van der Waals surface area contributed by atoms with E-state index in [4.69, 9.17) is 10.5 Å². The second-order valence-corrected chi connectivity index (χ2v) is 6.69. The molecule has 3 N–H and O–H groups in total. The Hall–Kier alpha value is -1.11. The van der Waals surface area contributed by atoms with E-state index in [1.807, 2.05) is 0 Å². The highest BCUT2D eigenvalue weighted by atomic mass is 32.1. The van der Waals surface area contributed by atoms with Crippen molar-refractivity contribution in [3.63, 3.8) is 0 Å². The van der Waals surface area contributed by atoms with Crippen molar-refractivity contribution in [3.05, 3.63) is 22.4 Å². The highest BCUT2D eigenvalue weighted by molar-refractivity contribution is 7.10. The van der Waals surface area contributed by atoms with E-state index in [0.29, 0.717) is 12.5 Å². The van der Waals surface area contributed by atoms with E-state index in [1.54, 1.807) is 11.3 Å². The van der Waals surface area contributed by atoms with Crippen LogP contribution in [-0.4, -0.2) is 49.7 Å². The monoisotopic (exact) mass is 324 g/mol. The molecule has 1 saturated heterocycles. The van der Waals surface area contributed by atoms with Gasteiger partial charge in [0.1, 0.15) is 0 Å². The smallest absolute Gasteiger partial charge is 0.188 e. The molecule has 0 aliphatic carbocycles. The first kappa shape index (κ1) is 17.2. The quantitative estimate of drug-likeness (QED) is 0.459. The zero-order valence-electron chi connectivity index (χ0n) is 13.6. The van der Waals surface area contributed by atoms with Gasteiger partial charge in [-0.1, -0.05) is 19.4 Å². The third kappa shape index (κ3) is 5.26. The third-order valence-corrected chi connectivity index (χ3v) is 4.83. The lowest BCUT2D eigenvalue weighted by atomic mass is 10.1. The average molecular weight is 324 g/mol. The zero-order chi connectivity index (χ0) is 15.8. The summed E-state index contributed by atoms with van der Waals surface area (Å²) in [5.41, 5.74) is 5.97. The number of hydrogen-bond acceptors (Lipinski definition) is 4. The summed E-state index contributed by atoms with van der Waals surface area (Å²) in [4.78, 5) is 8.37. The predicted octanol–water partition coefficient (Wildman–Crippen LogP) is 2.21. The topological polar surface area (TPSA) is 62.9 Å². The van der Waals surface area contributed by atoms with E-state index in [2.05, 4.69) is 46.6 Å². The van der Waals surface area contributed by atoms with Crippen LogP contribution in [-0.2, 0) is 4.74 Å². The van der Waals surface area contributed by atoms with Crippen molar-refractivity contribution in [2.45, 2.75) is 38.8 Å². The molecule has 2 unspecified atom stereocenters. The number of ether oxygens (including phenoxy) is 1. The molecular formula is C16H28N4OS. The van der Waals surface area contributed by atoms with Crippen LogP contribution >= 0.6 is 11.3 Å². The minimum Gasteiger partial charge on any atom is -0.376 e. The highest BCUT2D eigenvalue weighted by Gasteiger charge is 2.26. The maximum atomic E-state index is 5.97. The second kappa shape index (κ2) is 9.12. The number of nitrogens with one attached hydrogen (secondary N) is 1. The molecule has 1 aliphatic heterocycles. The number of rotatable bonds is 7. The van der Waals surface area contributed by atoms with Crippen molar-refractivity contribution in [1.29, 1.82) is 0 Å². The molecular weight excluding hydrogens is 296 g/mol. The van der Waals surface area contributed by atoms with Crippen LogP contribution < -0.4 is 11.1 Å². The number of hydrogen-bond donors (Lipinski definition) is 2. The van der Waals surface area contributed by atoms with Gasteiger partial charge in [-0.25, -0.2) is 0 Å². The van der Waals surface area contributed by atoms with E-state index in [0.717, 1.165) is 39.1 Å². The van der Waals surface area contributed by atoms with Crippen LogP contribution in [0.5, 0.6) is 0 Å². The number of morpholine rings is 1. The number of thiophene rings is 1. The first-order valence-electron chi connectivity index (χ1n) is 8.13. The lowest BCUT2D eigenvalue weighted by Gasteiger charge is -2.36. The summed E-state index contributed by atoms with van der Waals surface area (Å²) in [7, 11) is 0. The molecule has 0 saturated carbocycles. The molecule has 124 valence electrons. The summed E-state index contributed by atoms with van der Waals surface area (Å²) in [6, 6.07) is 4.58. The van der Waals surface area contributed by atoms with Gasteiger partial charge in [0.2, 0.25) is 0 Å². The third-order valence-electron chi connectivity index (χ3n) is 3.86. The van der Waals surface area contributed by atoms with Gasteiger partial charge in [0.25, 0.3) is 0 Å². The fourth-order valence-electron chi connectivity index (χ4n) is 2.63. The van der Waals surface area contributed by atoms with Gasteiger partial charge in [0.05, 0.1) is 25.3 Å². The van der Waals surface area contributed by atoms with E-state index >= 15 is 0 Å². The molecule has 0 aromatic carbocycles. The lowest BCUT2D eigenvalue weighted by Crippen LogP contribution is -2.44. The molecule has 6 heteroatoms. The largest absolute Gasteiger partial charge is 0.376 e. The number of nitrogens with zero attached hydrogens (tertiary/aromatic N) is 2. The zero-order valence-corrected chi connectivity index (χ0v) is 14.4. The van der Waals surface area contributed by atoms with Crippen molar-refractivity contribution in [2.75, 3.05) is 32.8 Å². The normalized spacial score (nSPS) is 21.7. The summed E-state index contributed by atoms with van der Waals surface area (Å²) < 4.78 is 5.66.